The third-order valence-electron chi connectivity index (χ3n) is 2.04. The average Bonchev–Trinajstić information content (AvgIpc) is 2.29. The predicted octanol–water partition coefficient (Wildman–Crippen LogP) is 1.28. The van der Waals surface area contributed by atoms with Crippen LogP contribution in [0.15, 0.2) is 24.3 Å². The van der Waals surface area contributed by atoms with Gasteiger partial charge in [-0.2, -0.15) is 0 Å². The van der Waals surface area contributed by atoms with E-state index in [1.165, 1.54) is 13.2 Å². The van der Waals surface area contributed by atoms with E-state index >= 15 is 0 Å². The smallest absolute Gasteiger partial charge is 0.406 e. The molecule has 0 fully saturated rings. The Balaban J connectivity index is 2.51. The van der Waals surface area contributed by atoms with E-state index in [1.807, 2.05) is 6.07 Å². The van der Waals surface area contributed by atoms with Crippen LogP contribution in [0.1, 0.15) is 15.9 Å². The van der Waals surface area contributed by atoms with Crippen molar-refractivity contribution in [3.8, 4) is 0 Å². The molecule has 0 radical (unpaired) electrons. The fourth-order valence-corrected chi connectivity index (χ4v) is 1.24. The molecule has 86 valence electrons. The second kappa shape index (κ2) is 5.75. The lowest BCUT2D eigenvalue weighted by molar-refractivity contribution is 0.0696. The number of methoxy groups -OCH3 is 1. The van der Waals surface area contributed by atoms with Gasteiger partial charge in [-0.05, 0) is 24.1 Å². The Morgan fingerprint density at radius 3 is 2.81 bits per heavy atom. The summed E-state index contributed by atoms with van der Waals surface area (Å²) in [6, 6.07) is 6.60. The molecule has 0 bridgehead atoms. The third kappa shape index (κ3) is 3.61. The lowest BCUT2D eigenvalue weighted by Gasteiger charge is -2.04. The van der Waals surface area contributed by atoms with Gasteiger partial charge in [0, 0.05) is 6.54 Å². The number of amides is 1. The monoisotopic (exact) mass is 223 g/mol. The topological polar surface area (TPSA) is 75.6 Å². The zero-order valence-corrected chi connectivity index (χ0v) is 8.90. The maximum atomic E-state index is 10.7. The maximum absolute atomic E-state index is 10.7. The van der Waals surface area contributed by atoms with Gasteiger partial charge < -0.3 is 15.2 Å². The van der Waals surface area contributed by atoms with Crippen molar-refractivity contribution in [2.75, 3.05) is 13.7 Å². The van der Waals surface area contributed by atoms with Crippen LogP contribution in [0.3, 0.4) is 0 Å². The van der Waals surface area contributed by atoms with E-state index in [0.29, 0.717) is 13.0 Å². The van der Waals surface area contributed by atoms with Crippen molar-refractivity contribution < 1.29 is 19.4 Å². The first kappa shape index (κ1) is 12.0. The number of aromatic carboxylic acids is 1. The van der Waals surface area contributed by atoms with E-state index in [-0.39, 0.29) is 5.56 Å². The van der Waals surface area contributed by atoms with Gasteiger partial charge in [0.05, 0.1) is 12.7 Å². The number of benzene rings is 1. The molecule has 0 aromatic heterocycles. The van der Waals surface area contributed by atoms with E-state index in [4.69, 9.17) is 5.11 Å². The van der Waals surface area contributed by atoms with Crippen molar-refractivity contribution in [3.05, 3.63) is 35.4 Å². The summed E-state index contributed by atoms with van der Waals surface area (Å²) in [6.45, 7) is 0.412. The summed E-state index contributed by atoms with van der Waals surface area (Å²) in [5.74, 6) is -0.956. The molecule has 5 heteroatoms. The highest BCUT2D eigenvalue weighted by molar-refractivity contribution is 5.87. The highest BCUT2D eigenvalue weighted by Crippen LogP contribution is 2.05. The molecule has 1 amide bonds. The number of carboxylic acids is 1. The first-order valence-corrected chi connectivity index (χ1v) is 4.77. The zero-order valence-electron chi connectivity index (χ0n) is 8.90. The van der Waals surface area contributed by atoms with Crippen LogP contribution in [0, 0.1) is 0 Å². The minimum atomic E-state index is -0.956. The number of rotatable bonds is 4. The van der Waals surface area contributed by atoms with Gasteiger partial charge in [0.25, 0.3) is 0 Å². The number of nitrogens with one attached hydrogen (secondary N) is 1. The molecule has 0 saturated heterocycles. The van der Waals surface area contributed by atoms with Gasteiger partial charge in [0.15, 0.2) is 0 Å². The summed E-state index contributed by atoms with van der Waals surface area (Å²) in [7, 11) is 1.29. The highest BCUT2D eigenvalue weighted by Gasteiger charge is 2.03. The van der Waals surface area contributed by atoms with Crippen molar-refractivity contribution in [1.29, 1.82) is 0 Å². The Bertz CT molecular complexity index is 389. The quantitative estimate of drug-likeness (QED) is 0.806. The minimum absolute atomic E-state index is 0.246. The molecule has 0 aliphatic heterocycles. The fraction of sp³-hybridized carbons (Fsp3) is 0.273. The molecular weight excluding hydrogens is 210 g/mol. The van der Waals surface area contributed by atoms with Crippen molar-refractivity contribution in [3.63, 3.8) is 0 Å². The van der Waals surface area contributed by atoms with E-state index in [0.717, 1.165) is 5.56 Å². The van der Waals surface area contributed by atoms with E-state index in [1.54, 1.807) is 12.1 Å². The number of carbonyl (C=O) groups excluding carboxylic acids is 1. The third-order valence-corrected chi connectivity index (χ3v) is 2.04. The predicted molar refractivity (Wildman–Crippen MR) is 57.5 cm³/mol. The van der Waals surface area contributed by atoms with Crippen LogP contribution in [-0.2, 0) is 11.2 Å². The second-order valence-corrected chi connectivity index (χ2v) is 3.17. The lowest BCUT2D eigenvalue weighted by atomic mass is 10.1. The molecule has 0 aliphatic rings. The average molecular weight is 223 g/mol. The summed E-state index contributed by atoms with van der Waals surface area (Å²) in [4.78, 5) is 21.4. The molecule has 1 rings (SSSR count). The summed E-state index contributed by atoms with van der Waals surface area (Å²) < 4.78 is 4.41. The highest BCUT2D eigenvalue weighted by atomic mass is 16.5. The van der Waals surface area contributed by atoms with E-state index in [2.05, 4.69) is 10.1 Å². The molecule has 2 N–H and O–H groups in total. The summed E-state index contributed by atoms with van der Waals surface area (Å²) in [5.41, 5.74) is 1.10. The minimum Gasteiger partial charge on any atom is -0.478 e. The molecule has 16 heavy (non-hydrogen) atoms. The fourth-order valence-electron chi connectivity index (χ4n) is 1.24. The molecule has 0 unspecified atom stereocenters. The number of hydrogen-bond donors (Lipinski definition) is 2. The van der Waals surface area contributed by atoms with Crippen LogP contribution in [0.4, 0.5) is 4.79 Å². The molecule has 5 nitrogen and oxygen atoms in total. The van der Waals surface area contributed by atoms with E-state index < -0.39 is 12.1 Å². The molecule has 1 aromatic carbocycles. The summed E-state index contributed by atoms with van der Waals surface area (Å²) >= 11 is 0. The van der Waals surface area contributed by atoms with Gasteiger partial charge >= 0.3 is 12.1 Å². The number of alkyl carbamates (subject to hydrolysis) is 1. The van der Waals surface area contributed by atoms with Crippen LogP contribution in [0.25, 0.3) is 0 Å². The standard InChI is InChI=1S/C11H13NO4/c1-16-11(15)12-6-5-8-3-2-4-9(7-8)10(13)14/h2-4,7H,5-6H2,1H3,(H,12,15)(H,13,14). The Morgan fingerprint density at radius 2 is 2.19 bits per heavy atom. The Hall–Kier alpha value is -2.04. The van der Waals surface area contributed by atoms with Crippen LogP contribution in [-0.4, -0.2) is 30.8 Å². The van der Waals surface area contributed by atoms with Gasteiger partial charge in [-0.25, -0.2) is 9.59 Å². The molecule has 1 aromatic rings. The van der Waals surface area contributed by atoms with Gasteiger partial charge in [0.1, 0.15) is 0 Å². The van der Waals surface area contributed by atoms with Crippen LogP contribution < -0.4 is 5.32 Å². The first-order valence-electron chi connectivity index (χ1n) is 4.77. The molecule has 0 aliphatic carbocycles. The lowest BCUT2D eigenvalue weighted by Crippen LogP contribution is -2.25. The Morgan fingerprint density at radius 1 is 1.44 bits per heavy atom. The molecule has 0 saturated carbocycles. The number of hydrogen-bond acceptors (Lipinski definition) is 3. The summed E-state index contributed by atoms with van der Waals surface area (Å²) in [5, 5.41) is 11.3. The van der Waals surface area contributed by atoms with Crippen molar-refractivity contribution in [2.24, 2.45) is 0 Å². The Labute approximate surface area is 93.0 Å². The second-order valence-electron chi connectivity index (χ2n) is 3.17. The SMILES string of the molecule is COC(=O)NCCc1cccc(C(=O)O)c1. The van der Waals surface area contributed by atoms with Crippen molar-refractivity contribution in [1.82, 2.24) is 5.32 Å². The van der Waals surface area contributed by atoms with Crippen LogP contribution in [0.5, 0.6) is 0 Å². The van der Waals surface area contributed by atoms with E-state index in [9.17, 15) is 9.59 Å². The largest absolute Gasteiger partial charge is 0.478 e. The number of ether oxygens (including phenoxy) is 1. The maximum Gasteiger partial charge on any atom is 0.406 e. The molecule has 0 heterocycles. The van der Waals surface area contributed by atoms with Crippen molar-refractivity contribution in [2.45, 2.75) is 6.42 Å². The number of carboxylic acid groups (broad SMARTS) is 1. The Kier molecular flexibility index (Phi) is 4.32. The van der Waals surface area contributed by atoms with Crippen LogP contribution in [0.2, 0.25) is 0 Å². The van der Waals surface area contributed by atoms with Gasteiger partial charge in [0.2, 0.25) is 0 Å². The molecule has 0 atom stereocenters. The van der Waals surface area contributed by atoms with Gasteiger partial charge in [-0.1, -0.05) is 12.1 Å². The van der Waals surface area contributed by atoms with Crippen molar-refractivity contribution >= 4 is 12.1 Å². The summed E-state index contributed by atoms with van der Waals surface area (Å²) in [6.07, 6.45) is 0.0744. The number of carbonyl (C=O) groups is 2. The first-order chi connectivity index (χ1) is 7.63. The molecular formula is C11H13NO4. The van der Waals surface area contributed by atoms with Gasteiger partial charge in [-0.3, -0.25) is 0 Å². The van der Waals surface area contributed by atoms with Crippen LogP contribution >= 0.6 is 0 Å². The van der Waals surface area contributed by atoms with Gasteiger partial charge in [-0.15, -0.1) is 0 Å². The normalized spacial score (nSPS) is 9.56. The molecule has 0 spiro atoms. The zero-order chi connectivity index (χ0) is 12.0.